The van der Waals surface area contributed by atoms with Gasteiger partial charge in [0.2, 0.25) is 0 Å². The Bertz CT molecular complexity index is 9310. The fourth-order valence-corrected chi connectivity index (χ4v) is 23.3. The molecule has 0 atom stereocenters. The molecule has 662 valence electrons. The van der Waals surface area contributed by atoms with Crippen LogP contribution in [0, 0.1) is 0 Å². The zero-order valence-electron chi connectivity index (χ0n) is 78.4. The van der Waals surface area contributed by atoms with E-state index in [1.54, 1.807) is 0 Å². The first-order valence-electron chi connectivity index (χ1n) is 48.7. The molecular weight excluding hydrogens is 1710 g/mol. The van der Waals surface area contributed by atoms with Gasteiger partial charge in [-0.3, -0.25) is 0 Å². The summed E-state index contributed by atoms with van der Waals surface area (Å²) in [5, 5.41) is 13.5. The lowest BCUT2D eigenvalue weighted by molar-refractivity contribution is 0.666. The van der Waals surface area contributed by atoms with Crippen molar-refractivity contribution in [1.29, 1.82) is 0 Å². The Kier molecular flexibility index (Phi) is 20.1. The molecule has 0 amide bonds. The fourth-order valence-electron chi connectivity index (χ4n) is 23.3. The number of fused-ring (bicyclic) bond motifs is 20. The summed E-state index contributed by atoms with van der Waals surface area (Å²) in [6.07, 6.45) is 0. The number of aromatic nitrogens is 6. The molecule has 0 fully saturated rings. The largest absolute Gasteiger partial charge is 0.244 e. The van der Waals surface area contributed by atoms with Gasteiger partial charge in [-0.15, -0.1) is 0 Å². The van der Waals surface area contributed by atoms with Crippen LogP contribution < -0.4 is 0 Å². The Morgan fingerprint density at radius 3 is 1.13 bits per heavy atom. The van der Waals surface area contributed by atoms with Crippen LogP contribution in [0.2, 0.25) is 0 Å². The summed E-state index contributed by atoms with van der Waals surface area (Å²) in [5.74, 6) is 0.717. The van der Waals surface area contributed by atoms with Gasteiger partial charge in [0, 0.05) is 49.6 Å². The second-order valence-corrected chi connectivity index (χ2v) is 38.5. The molecule has 28 rings (SSSR count). The van der Waals surface area contributed by atoms with Gasteiger partial charge in [-0.1, -0.05) is 458 Å². The molecule has 0 radical (unpaired) electrons. The molecule has 22 aromatic carbocycles. The molecule has 0 aliphatic heterocycles. The van der Waals surface area contributed by atoms with Crippen LogP contribution in [0.4, 0.5) is 0 Å². The Morgan fingerprint density at radius 2 is 0.532 bits per heavy atom. The number of hydrogen-bond acceptors (Lipinski definition) is 6. The third-order valence-corrected chi connectivity index (χ3v) is 29.8. The Hall–Kier alpha value is -17.8. The van der Waals surface area contributed by atoms with Gasteiger partial charge in [-0.05, 0) is 220 Å². The van der Waals surface area contributed by atoms with Crippen LogP contribution in [-0.2, 0) is 16.2 Å². The Labute approximate surface area is 819 Å². The van der Waals surface area contributed by atoms with Gasteiger partial charge in [-0.25, -0.2) is 29.9 Å². The zero-order chi connectivity index (χ0) is 94.0. The molecule has 25 aromatic rings. The third kappa shape index (κ3) is 14.0. The van der Waals surface area contributed by atoms with E-state index in [9.17, 15) is 0 Å². The quantitative estimate of drug-likeness (QED) is 0.128. The van der Waals surface area contributed by atoms with Crippen molar-refractivity contribution in [3.05, 3.63) is 530 Å². The SMILES string of the molecule is CC1(C)c2ccccc2-c2ccc3cc(-c4ccc(-c5nc6ccccc6nc5-c5ccccc5)c5ccccc45)ccc3c21.CC1(C)c2ccccc2-c2ccc3cc(-c4ccc(-c5nc6ccccc6nc5-c5ccccc5)cc4)ccc3c21.c1ccc(C2(c3ccccc3)c3ccccc3-c3c2ccc2c(-c4cccc(-c5nc(-c6ccc7ccccc7c6)c6ccccc6n5)c4)cccc32)cc1. The zero-order valence-corrected chi connectivity index (χ0v) is 78.4. The molecule has 0 unspecified atom stereocenters. The number of rotatable bonds is 11. The van der Waals surface area contributed by atoms with Crippen LogP contribution in [-0.4, -0.2) is 29.9 Å². The molecule has 3 aromatic heterocycles. The van der Waals surface area contributed by atoms with E-state index in [0.29, 0.717) is 5.82 Å². The van der Waals surface area contributed by atoms with E-state index in [0.717, 1.165) is 100 Å². The van der Waals surface area contributed by atoms with Crippen molar-refractivity contribution in [3.63, 3.8) is 0 Å². The van der Waals surface area contributed by atoms with Crippen molar-refractivity contribution in [1.82, 2.24) is 29.9 Å². The van der Waals surface area contributed by atoms with E-state index >= 15 is 0 Å². The lowest BCUT2D eigenvalue weighted by Gasteiger charge is -2.34. The van der Waals surface area contributed by atoms with Crippen LogP contribution in [0.3, 0.4) is 0 Å². The lowest BCUT2D eigenvalue weighted by atomic mass is 9.67. The monoisotopic (exact) mass is 1800 g/mol. The Morgan fingerprint density at radius 1 is 0.163 bits per heavy atom. The number of benzene rings is 22. The summed E-state index contributed by atoms with van der Waals surface area (Å²) in [7, 11) is 0. The molecule has 0 saturated carbocycles. The average Bonchev–Trinajstić information content (AvgIpc) is 1.52. The molecule has 141 heavy (non-hydrogen) atoms. The van der Waals surface area contributed by atoms with Crippen LogP contribution >= 0.6 is 0 Å². The molecule has 0 N–H and O–H groups in total. The van der Waals surface area contributed by atoms with E-state index in [1.807, 2.05) is 72.8 Å². The van der Waals surface area contributed by atoms with Gasteiger partial charge in [0.05, 0.1) is 61.5 Å². The van der Waals surface area contributed by atoms with Crippen molar-refractivity contribution in [2.24, 2.45) is 0 Å². The van der Waals surface area contributed by atoms with Crippen LogP contribution in [0.5, 0.6) is 0 Å². The second-order valence-electron chi connectivity index (χ2n) is 38.5. The summed E-state index contributed by atoms with van der Waals surface area (Å²) >= 11 is 0. The topological polar surface area (TPSA) is 77.3 Å². The lowest BCUT2D eigenvalue weighted by Crippen LogP contribution is -2.28. The molecular formula is C135H92N6. The van der Waals surface area contributed by atoms with Crippen molar-refractivity contribution in [2.75, 3.05) is 0 Å². The molecule has 0 bridgehead atoms. The molecule has 0 spiro atoms. The normalized spacial score (nSPS) is 13.1. The van der Waals surface area contributed by atoms with E-state index in [2.05, 4.69) is 440 Å². The molecule has 3 aliphatic rings. The molecule has 3 heterocycles. The minimum Gasteiger partial charge on any atom is -0.244 e. The minimum absolute atomic E-state index is 0.0219. The van der Waals surface area contributed by atoms with Gasteiger partial charge < -0.3 is 0 Å². The maximum absolute atomic E-state index is 5.28. The van der Waals surface area contributed by atoms with Crippen molar-refractivity contribution in [3.8, 4) is 134 Å². The molecule has 3 aliphatic carbocycles. The highest BCUT2D eigenvalue weighted by Crippen LogP contribution is 2.60. The van der Waals surface area contributed by atoms with Crippen molar-refractivity contribution >= 4 is 86.8 Å². The van der Waals surface area contributed by atoms with E-state index in [4.69, 9.17) is 29.9 Å². The van der Waals surface area contributed by atoms with Crippen molar-refractivity contribution in [2.45, 2.75) is 43.9 Å². The van der Waals surface area contributed by atoms with Gasteiger partial charge >= 0.3 is 0 Å². The van der Waals surface area contributed by atoms with Gasteiger partial charge in [0.15, 0.2) is 5.82 Å². The smallest absolute Gasteiger partial charge is 0.160 e. The highest BCUT2D eigenvalue weighted by molar-refractivity contribution is 6.12. The van der Waals surface area contributed by atoms with E-state index in [-0.39, 0.29) is 10.8 Å². The maximum atomic E-state index is 5.28. The minimum atomic E-state index is -0.436. The van der Waals surface area contributed by atoms with Crippen LogP contribution in [0.1, 0.15) is 72.2 Å². The maximum Gasteiger partial charge on any atom is 0.160 e. The summed E-state index contributed by atoms with van der Waals surface area (Å²) in [5.41, 5.74) is 41.0. The first-order valence-corrected chi connectivity index (χ1v) is 48.7. The predicted molar refractivity (Wildman–Crippen MR) is 588 cm³/mol. The summed E-state index contributed by atoms with van der Waals surface area (Å²) in [6.45, 7) is 9.42. The summed E-state index contributed by atoms with van der Waals surface area (Å²) in [4.78, 5) is 30.9. The first-order chi connectivity index (χ1) is 69.4. The van der Waals surface area contributed by atoms with Gasteiger partial charge in [-0.2, -0.15) is 0 Å². The first kappa shape index (κ1) is 83.7. The third-order valence-electron chi connectivity index (χ3n) is 29.8. The van der Waals surface area contributed by atoms with Gasteiger partial charge in [0.1, 0.15) is 0 Å². The van der Waals surface area contributed by atoms with E-state index in [1.165, 1.54) is 160 Å². The number of para-hydroxylation sites is 5. The average molecular weight is 1800 g/mol. The molecule has 6 heteroatoms. The summed E-state index contributed by atoms with van der Waals surface area (Å²) in [6, 6.07) is 174. The van der Waals surface area contributed by atoms with Crippen LogP contribution in [0.25, 0.3) is 221 Å². The molecule has 0 saturated heterocycles. The second kappa shape index (κ2) is 33.9. The Balaban J connectivity index is 0.000000110. The van der Waals surface area contributed by atoms with Crippen molar-refractivity contribution < 1.29 is 0 Å². The van der Waals surface area contributed by atoms with Gasteiger partial charge in [0.25, 0.3) is 0 Å². The summed E-state index contributed by atoms with van der Waals surface area (Å²) < 4.78 is 0. The van der Waals surface area contributed by atoms with E-state index < -0.39 is 5.41 Å². The fraction of sp³-hybridized carbons (Fsp3) is 0.0519. The number of nitrogens with zero attached hydrogens (tertiary/aromatic N) is 6. The highest BCUT2D eigenvalue weighted by atomic mass is 14.9. The highest BCUT2D eigenvalue weighted by Gasteiger charge is 2.47. The van der Waals surface area contributed by atoms with Crippen LogP contribution in [0.15, 0.2) is 485 Å². The molecule has 6 nitrogen and oxygen atoms in total. The number of hydrogen-bond donors (Lipinski definition) is 0. The predicted octanol–water partition coefficient (Wildman–Crippen LogP) is 34.6. The standard InChI is InChI=1S/C53H34N2.C43H30N2.C39H28N2/c1-3-19-40(20-4-1)53(41-21-5-2-6-22-41)47-27-11-9-23-45(47)50-44-26-14-25-42(43(44)31-32-48(50)53)37-17-13-18-39(34-37)52-54-49-28-12-10-24-46(49)51(55-52)38-30-29-35-15-7-8-16-36(35)33-38;1-43(2)37-17-9-8-16-34(37)35-23-21-29-26-28(20-22-31(29)40(35)43)30-24-25-36(33-15-7-6-14-32(30)33)42-41(27-12-4-3-5-13-27)44-38-18-10-11-19-39(38)45-42;1-39(2)33-13-7-6-12-31(33)32-23-21-29-24-28(20-22-30(29)36(32)39)25-16-18-27(19-17-25)38-37(26-10-4-3-5-11-26)40-34-14-8-9-15-35(34)41-38/h1-34H;3-26H,1-2H3;3-24H,1-2H3.